The number of unbranched alkanes of at least 4 members (excludes halogenated alkanes) is 1. The van der Waals surface area contributed by atoms with E-state index in [9.17, 15) is 24.4 Å². The smallest absolute Gasteiger partial charge is 0.230 e. The van der Waals surface area contributed by atoms with E-state index < -0.39 is 29.1 Å². The Morgan fingerprint density at radius 2 is 1.60 bits per heavy atom. The highest BCUT2D eigenvalue weighted by atomic mass is 16.5. The molecule has 8 nitrogen and oxygen atoms in total. The van der Waals surface area contributed by atoms with Gasteiger partial charge in [0, 0.05) is 36.4 Å². The molecule has 2 heterocycles. The maximum absolute atomic E-state index is 14.2. The quantitative estimate of drug-likeness (QED) is 0.139. The fraction of sp³-hybridized carbons (Fsp3) is 0.727. The summed E-state index contributed by atoms with van der Waals surface area (Å²) in [5.74, 6) is -0.455. The molecule has 0 aliphatic carbocycles. The van der Waals surface area contributed by atoms with Gasteiger partial charge >= 0.3 is 0 Å². The summed E-state index contributed by atoms with van der Waals surface area (Å²) in [7, 11) is 0. The Hall–Kier alpha value is -2.84. The monoisotopic (exact) mass is 722 g/mol. The summed E-state index contributed by atoms with van der Waals surface area (Å²) >= 11 is 0. The normalized spacial score (nSPS) is 21.7. The van der Waals surface area contributed by atoms with Gasteiger partial charge in [0.2, 0.25) is 11.8 Å². The third kappa shape index (κ3) is 12.4. The molecule has 2 fully saturated rings. The van der Waals surface area contributed by atoms with Crippen LogP contribution in [0.2, 0.25) is 0 Å². The van der Waals surface area contributed by atoms with Crippen LogP contribution in [0.5, 0.6) is 0 Å². The van der Waals surface area contributed by atoms with E-state index in [1.165, 1.54) is 5.06 Å². The molecule has 0 spiro atoms. The molecule has 0 saturated carbocycles. The zero-order chi connectivity index (χ0) is 38.8. The van der Waals surface area contributed by atoms with Crippen molar-refractivity contribution >= 4 is 23.4 Å². The van der Waals surface area contributed by atoms with Gasteiger partial charge in [0.05, 0.1) is 18.0 Å². The van der Waals surface area contributed by atoms with Crippen molar-refractivity contribution in [3.63, 3.8) is 0 Å². The second-order valence-corrected chi connectivity index (χ2v) is 18.1. The van der Waals surface area contributed by atoms with E-state index in [-0.39, 0.29) is 47.6 Å². The number of carbonyl (C=O) groups is 4. The van der Waals surface area contributed by atoms with Crippen molar-refractivity contribution in [1.82, 2.24) is 15.3 Å². The molecule has 1 aromatic rings. The van der Waals surface area contributed by atoms with Crippen molar-refractivity contribution in [2.24, 2.45) is 35.5 Å². The van der Waals surface area contributed by atoms with E-state index in [0.717, 1.165) is 31.2 Å². The van der Waals surface area contributed by atoms with Crippen LogP contribution in [0.15, 0.2) is 42.5 Å². The molecule has 2 amide bonds. The Morgan fingerprint density at radius 1 is 0.962 bits per heavy atom. The summed E-state index contributed by atoms with van der Waals surface area (Å²) < 4.78 is 0. The molecule has 2 N–H and O–H groups in total. The Kier molecular flexibility index (Phi) is 16.3. The molecule has 0 aromatic heterocycles. The number of hydroxylamine groups is 2. The maximum atomic E-state index is 14.2. The molecule has 2 aliphatic rings. The summed E-state index contributed by atoms with van der Waals surface area (Å²) in [5.41, 5.74) is 0.161. The highest BCUT2D eigenvalue weighted by molar-refractivity contribution is 5.95. The first kappa shape index (κ1) is 43.6. The topological polar surface area (TPSA) is 107 Å². The molecule has 5 atom stereocenters. The number of benzene rings is 1. The molecule has 3 rings (SSSR count). The van der Waals surface area contributed by atoms with Crippen molar-refractivity contribution in [2.75, 3.05) is 6.54 Å². The number of allylic oxidation sites excluding steroid dienone is 1. The number of hydrogen-bond acceptors (Lipinski definition) is 6. The molecule has 8 heteroatoms. The van der Waals surface area contributed by atoms with Crippen LogP contribution in [0.4, 0.5) is 0 Å². The zero-order valence-electron chi connectivity index (χ0n) is 34.1. The lowest BCUT2D eigenvalue weighted by molar-refractivity contribution is -0.251. The van der Waals surface area contributed by atoms with Crippen molar-refractivity contribution in [1.29, 1.82) is 0 Å². The summed E-state index contributed by atoms with van der Waals surface area (Å²) in [6.45, 7) is 21.1. The van der Waals surface area contributed by atoms with Crippen molar-refractivity contribution in [2.45, 2.75) is 163 Å². The van der Waals surface area contributed by atoms with E-state index >= 15 is 0 Å². The highest BCUT2D eigenvalue weighted by Crippen LogP contribution is 2.41. The maximum Gasteiger partial charge on any atom is 0.230 e. The fourth-order valence-corrected chi connectivity index (χ4v) is 8.86. The first-order valence-electron chi connectivity index (χ1n) is 20.2. The third-order valence-electron chi connectivity index (χ3n) is 11.4. The summed E-state index contributed by atoms with van der Waals surface area (Å²) in [6.07, 6.45) is 11.2. The van der Waals surface area contributed by atoms with Crippen LogP contribution < -0.4 is 5.32 Å². The second kappa shape index (κ2) is 19.5. The number of amides is 2. The Morgan fingerprint density at radius 3 is 2.17 bits per heavy atom. The number of nitrogens with one attached hydrogen (secondary N) is 1. The Labute approximate surface area is 315 Å². The van der Waals surface area contributed by atoms with Crippen LogP contribution in [0.3, 0.4) is 0 Å². The predicted molar refractivity (Wildman–Crippen MR) is 210 cm³/mol. The number of piperidine rings is 1. The molecule has 0 bridgehead atoms. The molecule has 292 valence electrons. The molecule has 2 aliphatic heterocycles. The highest BCUT2D eigenvalue weighted by Gasteiger charge is 2.46. The van der Waals surface area contributed by atoms with Gasteiger partial charge in [0.1, 0.15) is 0 Å². The summed E-state index contributed by atoms with van der Waals surface area (Å²) in [6, 6.07) is 8.87. The lowest BCUT2D eigenvalue weighted by Gasteiger charge is -2.51. The zero-order valence-corrected chi connectivity index (χ0v) is 34.1. The molecular weight excluding hydrogens is 651 g/mol. The van der Waals surface area contributed by atoms with Crippen LogP contribution in [-0.4, -0.2) is 68.3 Å². The van der Waals surface area contributed by atoms with E-state index in [0.29, 0.717) is 56.9 Å². The predicted octanol–water partition coefficient (Wildman–Crippen LogP) is 8.60. The van der Waals surface area contributed by atoms with Crippen LogP contribution in [0.1, 0.15) is 139 Å². The number of likely N-dealkylation sites (tertiary alicyclic amines) is 1. The first-order chi connectivity index (χ1) is 24.4. The Bertz CT molecular complexity index is 1330. The molecule has 0 radical (unpaired) electrons. The van der Waals surface area contributed by atoms with Crippen molar-refractivity contribution < 1.29 is 24.4 Å². The van der Waals surface area contributed by atoms with Gasteiger partial charge in [-0.15, -0.1) is 0 Å². The largest absolute Gasteiger partial charge is 0.346 e. The van der Waals surface area contributed by atoms with Gasteiger partial charge in [0.25, 0.3) is 0 Å². The number of nitrogens with zero attached hydrogens (tertiary/aromatic N) is 2. The van der Waals surface area contributed by atoms with Gasteiger partial charge in [-0.05, 0) is 102 Å². The Balaban J connectivity index is 1.74. The van der Waals surface area contributed by atoms with Crippen molar-refractivity contribution in [3.05, 3.63) is 48.0 Å². The van der Waals surface area contributed by atoms with Crippen molar-refractivity contribution in [3.8, 4) is 0 Å². The van der Waals surface area contributed by atoms with Crippen LogP contribution in [0, 0.1) is 35.5 Å². The van der Waals surface area contributed by atoms with E-state index in [1.807, 2.05) is 71.9 Å². The summed E-state index contributed by atoms with van der Waals surface area (Å²) in [5, 5.41) is 15.3. The average molecular weight is 722 g/mol. The average Bonchev–Trinajstić information content (AvgIpc) is 3.56. The number of ketones is 2. The lowest BCUT2D eigenvalue weighted by Crippen LogP contribution is -2.59. The van der Waals surface area contributed by atoms with Gasteiger partial charge in [-0.25, -0.2) is 0 Å². The van der Waals surface area contributed by atoms with E-state index in [4.69, 9.17) is 0 Å². The van der Waals surface area contributed by atoms with Gasteiger partial charge in [-0.3, -0.25) is 19.2 Å². The summed E-state index contributed by atoms with van der Waals surface area (Å²) in [4.78, 5) is 57.9. The minimum atomic E-state index is -0.615. The number of carbonyl (C=O) groups excluding carboxylic acids is 4. The number of Topliss-reactive ketones (excluding diaryl/α,β-unsaturated/α-hetero) is 2. The van der Waals surface area contributed by atoms with Crippen LogP contribution in [0.25, 0.3) is 0 Å². The molecular formula is C44H71N3O5. The SMILES string of the molecule is CCCC[C@H](NC(=O)[C@@H](CC(=O)[C@@H]1CCCN1C(=O)[C@H](/C=C/[C@@H](C)CC(C)C)Cc1ccccc1)C(C)C)C(=O)CC1CC(C)(C)N(O)C(C)(C)C1. The fourth-order valence-electron chi connectivity index (χ4n) is 8.86. The third-order valence-corrected chi connectivity index (χ3v) is 11.4. The van der Waals surface area contributed by atoms with E-state index in [2.05, 4.69) is 45.2 Å². The first-order valence-corrected chi connectivity index (χ1v) is 20.2. The molecule has 1 aromatic carbocycles. The molecule has 52 heavy (non-hydrogen) atoms. The van der Waals surface area contributed by atoms with Gasteiger partial charge in [-0.2, -0.15) is 5.06 Å². The minimum Gasteiger partial charge on any atom is -0.346 e. The second-order valence-electron chi connectivity index (χ2n) is 18.1. The number of hydrogen-bond donors (Lipinski definition) is 2. The van der Waals surface area contributed by atoms with Gasteiger partial charge in [-0.1, -0.05) is 96.9 Å². The van der Waals surface area contributed by atoms with Crippen LogP contribution in [-0.2, 0) is 25.6 Å². The van der Waals surface area contributed by atoms with Gasteiger partial charge < -0.3 is 15.4 Å². The minimum absolute atomic E-state index is 0.0198. The molecule has 2 saturated heterocycles. The molecule has 0 unspecified atom stereocenters. The number of rotatable bonds is 19. The van der Waals surface area contributed by atoms with Gasteiger partial charge in [0.15, 0.2) is 11.6 Å². The van der Waals surface area contributed by atoms with Crippen LogP contribution >= 0.6 is 0 Å². The standard InChI is InChI=1S/C44H71N3O5/c1-11-12-19-37(39(48)26-34-28-43(7,8)47(52)44(9,10)29-34)45-41(50)36(31(4)5)27-40(49)38-20-16-23-46(38)42(51)35(22-21-32(6)24-30(2)3)25-33-17-14-13-15-18-33/h13-15,17-18,21-22,30-32,34-38,52H,11-12,16,19-20,23-29H2,1-10H3,(H,45,50)/b22-21+/t32-,35-,36+,37+,38+/m1/s1. The lowest BCUT2D eigenvalue weighted by atomic mass is 9.73. The van der Waals surface area contributed by atoms with E-state index in [1.54, 1.807) is 4.90 Å².